The molecule has 1 aliphatic heterocycles. The van der Waals surface area contributed by atoms with Crippen molar-refractivity contribution in [3.8, 4) is 0 Å². The van der Waals surface area contributed by atoms with Crippen LogP contribution in [0.15, 0.2) is 10.6 Å². The van der Waals surface area contributed by atoms with Crippen LogP contribution in [0, 0.1) is 0 Å². The Hall–Kier alpha value is 0.240. The summed E-state index contributed by atoms with van der Waals surface area (Å²) < 4.78 is 0. The highest BCUT2D eigenvalue weighted by molar-refractivity contribution is 6.36. The number of aliphatic hydroxyl groups is 1. The third-order valence-electron chi connectivity index (χ3n) is 3.00. The molecule has 2 nitrogen and oxygen atoms in total. The van der Waals surface area contributed by atoms with E-state index in [9.17, 15) is 5.11 Å². The first-order valence-electron chi connectivity index (χ1n) is 5.56. The fraction of sp³-hybridized carbons (Fsp3) is 0.818. The minimum atomic E-state index is -0.245. The molecule has 0 spiro atoms. The van der Waals surface area contributed by atoms with Crippen LogP contribution in [0.1, 0.15) is 32.6 Å². The molecule has 4 heteroatoms. The zero-order valence-corrected chi connectivity index (χ0v) is 10.6. The summed E-state index contributed by atoms with van der Waals surface area (Å²) in [5.41, 5.74) is 1.41. The van der Waals surface area contributed by atoms with Crippen molar-refractivity contribution >= 4 is 23.2 Å². The van der Waals surface area contributed by atoms with Gasteiger partial charge in [0.15, 0.2) is 0 Å². The average Bonchev–Trinajstić information content (AvgIpc) is 2.28. The van der Waals surface area contributed by atoms with Gasteiger partial charge in [0, 0.05) is 23.2 Å². The predicted molar refractivity (Wildman–Crippen MR) is 65.3 cm³/mol. The molecule has 0 bridgehead atoms. The molecular weight excluding hydrogens is 233 g/mol. The molecule has 1 N–H and O–H groups in total. The van der Waals surface area contributed by atoms with Gasteiger partial charge in [-0.3, -0.25) is 4.90 Å². The van der Waals surface area contributed by atoms with Crippen LogP contribution in [0.3, 0.4) is 0 Å². The van der Waals surface area contributed by atoms with E-state index in [0.29, 0.717) is 11.6 Å². The van der Waals surface area contributed by atoms with Crippen LogP contribution in [0.4, 0.5) is 0 Å². The van der Waals surface area contributed by atoms with Gasteiger partial charge in [-0.15, -0.1) is 0 Å². The van der Waals surface area contributed by atoms with E-state index in [1.54, 1.807) is 0 Å². The fourth-order valence-corrected chi connectivity index (χ4v) is 2.37. The van der Waals surface area contributed by atoms with Crippen molar-refractivity contribution in [1.82, 2.24) is 4.90 Å². The summed E-state index contributed by atoms with van der Waals surface area (Å²) in [6, 6.07) is 0.245. The first-order valence-corrected chi connectivity index (χ1v) is 6.37. The van der Waals surface area contributed by atoms with Gasteiger partial charge in [-0.2, -0.15) is 0 Å². The quantitative estimate of drug-likeness (QED) is 0.831. The SMILES string of the molecule is CCC(O)C1CCCCN1CC(Cl)=CCl. The Morgan fingerprint density at radius 2 is 2.33 bits per heavy atom. The molecule has 0 aromatic heterocycles. The van der Waals surface area contributed by atoms with Crippen molar-refractivity contribution < 1.29 is 5.11 Å². The Bertz CT molecular complexity index is 221. The van der Waals surface area contributed by atoms with Gasteiger partial charge in [-0.1, -0.05) is 36.5 Å². The van der Waals surface area contributed by atoms with Crippen LogP contribution in [0.5, 0.6) is 0 Å². The molecule has 1 rings (SSSR count). The maximum absolute atomic E-state index is 9.90. The second-order valence-corrected chi connectivity index (χ2v) is 4.77. The minimum absolute atomic E-state index is 0.245. The Labute approximate surface area is 102 Å². The summed E-state index contributed by atoms with van der Waals surface area (Å²) in [7, 11) is 0. The van der Waals surface area contributed by atoms with Crippen molar-refractivity contribution in [3.05, 3.63) is 10.6 Å². The minimum Gasteiger partial charge on any atom is -0.392 e. The lowest BCUT2D eigenvalue weighted by Crippen LogP contribution is -2.47. The van der Waals surface area contributed by atoms with Crippen molar-refractivity contribution in [2.45, 2.75) is 44.8 Å². The van der Waals surface area contributed by atoms with Crippen molar-refractivity contribution in [2.75, 3.05) is 13.1 Å². The van der Waals surface area contributed by atoms with Crippen molar-refractivity contribution in [3.63, 3.8) is 0 Å². The summed E-state index contributed by atoms with van der Waals surface area (Å²) in [6.07, 6.45) is 3.98. The third-order valence-corrected chi connectivity index (χ3v) is 3.60. The maximum Gasteiger partial charge on any atom is 0.0692 e. The molecule has 15 heavy (non-hydrogen) atoms. The largest absolute Gasteiger partial charge is 0.392 e. The summed E-state index contributed by atoms with van der Waals surface area (Å²) in [5.74, 6) is 0. The fourth-order valence-electron chi connectivity index (χ4n) is 2.15. The first-order chi connectivity index (χ1) is 7.19. The molecule has 0 aliphatic carbocycles. The topological polar surface area (TPSA) is 23.5 Å². The van der Waals surface area contributed by atoms with E-state index in [1.807, 2.05) is 6.92 Å². The highest BCUT2D eigenvalue weighted by Crippen LogP contribution is 2.23. The molecule has 1 aliphatic rings. The van der Waals surface area contributed by atoms with Gasteiger partial charge in [0.2, 0.25) is 0 Å². The van der Waals surface area contributed by atoms with Crippen molar-refractivity contribution in [2.24, 2.45) is 0 Å². The van der Waals surface area contributed by atoms with Crippen LogP contribution in [0.2, 0.25) is 0 Å². The van der Waals surface area contributed by atoms with E-state index in [2.05, 4.69) is 4.90 Å². The van der Waals surface area contributed by atoms with E-state index in [4.69, 9.17) is 23.2 Å². The summed E-state index contributed by atoms with van der Waals surface area (Å²) in [4.78, 5) is 2.24. The lowest BCUT2D eigenvalue weighted by Gasteiger charge is -2.38. The van der Waals surface area contributed by atoms with Gasteiger partial charge < -0.3 is 5.11 Å². The molecule has 0 radical (unpaired) electrons. The number of aliphatic hydroxyl groups excluding tert-OH is 1. The van der Waals surface area contributed by atoms with Gasteiger partial charge in [-0.05, 0) is 25.8 Å². The molecule has 0 amide bonds. The van der Waals surface area contributed by atoms with E-state index in [-0.39, 0.29) is 12.1 Å². The van der Waals surface area contributed by atoms with E-state index >= 15 is 0 Å². The third kappa shape index (κ3) is 3.95. The molecular formula is C11H19Cl2NO. The number of hydrogen-bond donors (Lipinski definition) is 1. The second kappa shape index (κ2) is 6.74. The summed E-state index contributed by atoms with van der Waals surface area (Å²) in [6.45, 7) is 3.67. The number of halogens is 2. The molecule has 1 saturated heterocycles. The molecule has 2 unspecified atom stereocenters. The van der Waals surface area contributed by atoms with Gasteiger partial charge in [0.25, 0.3) is 0 Å². The van der Waals surface area contributed by atoms with Crippen LogP contribution >= 0.6 is 23.2 Å². The molecule has 0 aromatic carbocycles. The van der Waals surface area contributed by atoms with Gasteiger partial charge in [-0.25, -0.2) is 0 Å². The molecule has 1 fully saturated rings. The van der Waals surface area contributed by atoms with E-state index in [1.165, 1.54) is 18.4 Å². The Morgan fingerprint density at radius 1 is 1.60 bits per heavy atom. The number of likely N-dealkylation sites (tertiary alicyclic amines) is 1. The normalized spacial score (nSPS) is 26.7. The summed E-state index contributed by atoms with van der Waals surface area (Å²) >= 11 is 11.5. The average molecular weight is 252 g/mol. The van der Waals surface area contributed by atoms with Crippen LogP contribution in [0.25, 0.3) is 0 Å². The van der Waals surface area contributed by atoms with Crippen LogP contribution < -0.4 is 0 Å². The Balaban J connectivity index is 2.57. The molecule has 1 heterocycles. The van der Waals surface area contributed by atoms with Crippen LogP contribution in [-0.2, 0) is 0 Å². The van der Waals surface area contributed by atoms with E-state index < -0.39 is 0 Å². The zero-order chi connectivity index (χ0) is 11.3. The standard InChI is InChI=1S/C11H19Cl2NO/c1-2-11(15)10-5-3-4-6-14(10)8-9(13)7-12/h7,10-11,15H,2-6,8H2,1H3. The molecule has 2 atom stereocenters. The van der Waals surface area contributed by atoms with Gasteiger partial charge >= 0.3 is 0 Å². The number of rotatable bonds is 4. The predicted octanol–water partition coefficient (Wildman–Crippen LogP) is 2.93. The highest BCUT2D eigenvalue weighted by atomic mass is 35.5. The smallest absolute Gasteiger partial charge is 0.0692 e. The zero-order valence-electron chi connectivity index (χ0n) is 9.13. The molecule has 0 saturated carbocycles. The van der Waals surface area contributed by atoms with Gasteiger partial charge in [0.05, 0.1) is 6.10 Å². The van der Waals surface area contributed by atoms with E-state index in [0.717, 1.165) is 19.4 Å². The first kappa shape index (κ1) is 13.3. The maximum atomic E-state index is 9.90. The Morgan fingerprint density at radius 3 is 2.93 bits per heavy atom. The summed E-state index contributed by atoms with van der Waals surface area (Å²) in [5, 5.41) is 10.5. The van der Waals surface area contributed by atoms with Crippen molar-refractivity contribution in [1.29, 1.82) is 0 Å². The monoisotopic (exact) mass is 251 g/mol. The number of nitrogens with zero attached hydrogens (tertiary/aromatic N) is 1. The van der Waals surface area contributed by atoms with Gasteiger partial charge in [0.1, 0.15) is 0 Å². The second-order valence-electron chi connectivity index (χ2n) is 4.07. The Kier molecular flexibility index (Phi) is 5.98. The van der Waals surface area contributed by atoms with Crippen LogP contribution in [-0.4, -0.2) is 35.2 Å². The molecule has 88 valence electrons. The lowest BCUT2D eigenvalue weighted by molar-refractivity contribution is 0.0301. The lowest BCUT2D eigenvalue weighted by atomic mass is 9.96. The number of hydrogen-bond acceptors (Lipinski definition) is 2. The highest BCUT2D eigenvalue weighted by Gasteiger charge is 2.27. The number of piperidine rings is 1. The molecule has 0 aromatic rings.